The highest BCUT2D eigenvalue weighted by Crippen LogP contribution is 2.27. The summed E-state index contributed by atoms with van der Waals surface area (Å²) in [4.78, 5) is 0. The van der Waals surface area contributed by atoms with Crippen LogP contribution < -0.4 is 0 Å². The van der Waals surface area contributed by atoms with E-state index in [2.05, 4.69) is 0 Å². The molecule has 1 fully saturated rings. The van der Waals surface area contributed by atoms with Gasteiger partial charge < -0.3 is 19.4 Å². The minimum absolute atomic E-state index is 0.0964. The molecule has 1 heterocycles. The summed E-state index contributed by atoms with van der Waals surface area (Å²) in [7, 11) is 1.60. The Morgan fingerprint density at radius 3 is 2.70 bits per heavy atom. The molecule has 0 bridgehead atoms. The van der Waals surface area contributed by atoms with Crippen LogP contribution in [0.25, 0.3) is 0 Å². The van der Waals surface area contributed by atoms with Crippen LogP contribution in [0, 0.1) is 10.4 Å². The van der Waals surface area contributed by atoms with E-state index in [4.69, 9.17) is 4.74 Å². The van der Waals surface area contributed by atoms with Gasteiger partial charge in [-0.2, -0.15) is 0 Å². The Morgan fingerprint density at radius 2 is 2.30 bits per heavy atom. The smallest absolute Gasteiger partial charge is 0.0913 e. The van der Waals surface area contributed by atoms with Gasteiger partial charge in [0, 0.05) is 13.5 Å². The van der Waals surface area contributed by atoms with Crippen LogP contribution in [0.5, 0.6) is 0 Å². The number of ether oxygens (including phenoxy) is 1. The van der Waals surface area contributed by atoms with Crippen molar-refractivity contribution >= 4 is 11.9 Å². The summed E-state index contributed by atoms with van der Waals surface area (Å²) in [5.41, 5.74) is 0. The summed E-state index contributed by atoms with van der Waals surface area (Å²) < 4.78 is 3.56. The molecular weight excluding hydrogens is 154 g/mol. The molecule has 1 unspecified atom stereocenters. The molecule has 60 valence electrons. The average molecular weight is 164 g/mol. The van der Waals surface area contributed by atoms with Gasteiger partial charge in [-0.1, -0.05) is 0 Å². The topological polar surface area (TPSA) is 55.3 Å². The average Bonchev–Trinajstić information content (AvgIpc) is 1.88. The van der Waals surface area contributed by atoms with Crippen LogP contribution in [0.2, 0.25) is 0 Å². The zero-order chi connectivity index (χ0) is 7.61. The van der Waals surface area contributed by atoms with Crippen molar-refractivity contribution in [3.63, 3.8) is 0 Å². The normalized spacial score (nSPS) is 32.1. The van der Waals surface area contributed by atoms with Gasteiger partial charge >= 0.3 is 0 Å². The van der Waals surface area contributed by atoms with Crippen LogP contribution in [0.15, 0.2) is 0 Å². The van der Waals surface area contributed by atoms with Crippen molar-refractivity contribution in [1.82, 2.24) is 0 Å². The molecule has 0 N–H and O–H groups in total. The van der Waals surface area contributed by atoms with Crippen molar-refractivity contribution in [1.29, 1.82) is 0 Å². The fraction of sp³-hybridized carbons (Fsp3) is 1.00. The Morgan fingerprint density at radius 1 is 1.60 bits per heavy atom. The van der Waals surface area contributed by atoms with E-state index in [0.29, 0.717) is 12.2 Å². The highest BCUT2D eigenvalue weighted by atomic mass is 32.2. The third-order valence-electron chi connectivity index (χ3n) is 1.52. The van der Waals surface area contributed by atoms with E-state index in [0.717, 1.165) is 11.9 Å². The second-order valence-electron chi connectivity index (χ2n) is 2.28. The quantitative estimate of drug-likeness (QED) is 0.328. The maximum Gasteiger partial charge on any atom is 0.0913 e. The molecule has 10 heavy (non-hydrogen) atoms. The van der Waals surface area contributed by atoms with E-state index < -0.39 is 4.21 Å². The summed E-state index contributed by atoms with van der Waals surface area (Å²) in [6.45, 7) is 0.114. The Labute approximate surface area is 64.0 Å². The number of methoxy groups -OCH3 is 1. The Bertz CT molecular complexity index is 109. The molecule has 0 aromatic heterocycles. The van der Waals surface area contributed by atoms with Crippen LogP contribution in [0.3, 0.4) is 0 Å². The van der Waals surface area contributed by atoms with Crippen LogP contribution in [-0.4, -0.2) is 29.7 Å². The molecule has 0 aromatic carbocycles. The van der Waals surface area contributed by atoms with Gasteiger partial charge in [0.2, 0.25) is 0 Å². The molecule has 0 spiro atoms. The SMILES string of the molecule is COC1CC[N+]([O-])([O-])SC1. The molecule has 5 heteroatoms. The highest BCUT2D eigenvalue weighted by Gasteiger charge is 2.22. The van der Waals surface area contributed by atoms with E-state index >= 15 is 0 Å². The largest absolute Gasteiger partial charge is 0.619 e. The number of quaternary nitrogens is 1. The van der Waals surface area contributed by atoms with Crippen molar-refractivity contribution in [3.05, 3.63) is 10.4 Å². The molecule has 1 rings (SSSR count). The molecule has 1 atom stereocenters. The molecular formula is C5H10NO3S-. The van der Waals surface area contributed by atoms with E-state index in [1.165, 1.54) is 0 Å². The summed E-state index contributed by atoms with van der Waals surface area (Å²) in [6, 6.07) is 0. The highest BCUT2D eigenvalue weighted by molar-refractivity contribution is 7.93. The Hall–Kier alpha value is 0.190. The molecule has 0 amide bonds. The van der Waals surface area contributed by atoms with Crippen LogP contribution >= 0.6 is 11.9 Å². The number of nitrogens with zero attached hydrogens (tertiary/aromatic N) is 1. The zero-order valence-corrected chi connectivity index (χ0v) is 6.60. The van der Waals surface area contributed by atoms with E-state index in [-0.39, 0.29) is 12.6 Å². The van der Waals surface area contributed by atoms with Gasteiger partial charge in [-0.3, -0.25) is 0 Å². The predicted molar refractivity (Wildman–Crippen MR) is 39.7 cm³/mol. The Balaban J connectivity index is 2.31. The maximum atomic E-state index is 10.7. The molecule has 4 nitrogen and oxygen atoms in total. The molecule has 1 aliphatic heterocycles. The maximum absolute atomic E-state index is 10.7. The van der Waals surface area contributed by atoms with Gasteiger partial charge in [-0.25, -0.2) is 0 Å². The number of rotatable bonds is 1. The lowest BCUT2D eigenvalue weighted by molar-refractivity contribution is -0.686. The molecule has 1 aliphatic rings. The monoisotopic (exact) mass is 164 g/mol. The summed E-state index contributed by atoms with van der Waals surface area (Å²) in [5, 5.41) is 21.3. The number of hydrogen-bond acceptors (Lipinski definition) is 4. The van der Waals surface area contributed by atoms with Crippen LogP contribution in [0.1, 0.15) is 6.42 Å². The first kappa shape index (κ1) is 8.29. The first-order chi connectivity index (χ1) is 4.64. The third-order valence-corrected chi connectivity index (χ3v) is 2.61. The van der Waals surface area contributed by atoms with Crippen molar-refractivity contribution in [3.8, 4) is 0 Å². The molecule has 0 aromatic rings. The lowest BCUT2D eigenvalue weighted by Crippen LogP contribution is -2.38. The first-order valence-electron chi connectivity index (χ1n) is 3.11. The van der Waals surface area contributed by atoms with Gasteiger partial charge in [0.15, 0.2) is 0 Å². The molecule has 0 radical (unpaired) electrons. The van der Waals surface area contributed by atoms with Crippen LogP contribution in [0.4, 0.5) is 0 Å². The fourth-order valence-electron chi connectivity index (χ4n) is 0.833. The second kappa shape index (κ2) is 3.06. The second-order valence-corrected chi connectivity index (χ2v) is 3.42. The van der Waals surface area contributed by atoms with Gasteiger partial charge in [0.1, 0.15) is 0 Å². The molecule has 1 saturated heterocycles. The zero-order valence-electron chi connectivity index (χ0n) is 5.78. The lowest BCUT2D eigenvalue weighted by atomic mass is 10.3. The first-order valence-corrected chi connectivity index (χ1v) is 4.06. The number of hydroxylamine groups is 2. The van der Waals surface area contributed by atoms with Crippen molar-refractivity contribution < 1.29 is 8.95 Å². The van der Waals surface area contributed by atoms with E-state index in [9.17, 15) is 10.4 Å². The van der Waals surface area contributed by atoms with Crippen molar-refractivity contribution in [2.24, 2.45) is 0 Å². The number of hydrogen-bond donors (Lipinski definition) is 0. The molecule has 0 saturated carbocycles. The molecule has 0 aliphatic carbocycles. The minimum atomic E-state index is -1.42. The Kier molecular flexibility index (Phi) is 2.54. The summed E-state index contributed by atoms with van der Waals surface area (Å²) >= 11 is 0.854. The van der Waals surface area contributed by atoms with Gasteiger partial charge in [0.05, 0.1) is 30.3 Å². The minimum Gasteiger partial charge on any atom is -0.619 e. The van der Waals surface area contributed by atoms with Gasteiger partial charge in [-0.05, 0) is 0 Å². The van der Waals surface area contributed by atoms with E-state index in [1.54, 1.807) is 7.11 Å². The third kappa shape index (κ3) is 2.10. The fourth-order valence-corrected chi connectivity index (χ4v) is 1.76. The van der Waals surface area contributed by atoms with Gasteiger partial charge in [0.25, 0.3) is 0 Å². The lowest BCUT2D eigenvalue weighted by Gasteiger charge is -2.47. The van der Waals surface area contributed by atoms with Crippen molar-refractivity contribution in [2.75, 3.05) is 19.4 Å². The summed E-state index contributed by atoms with van der Waals surface area (Å²) in [6.07, 6.45) is 0.676. The summed E-state index contributed by atoms with van der Waals surface area (Å²) in [5.74, 6) is 0.517. The predicted octanol–water partition coefficient (Wildman–Crippen LogP) is 0.866. The van der Waals surface area contributed by atoms with Crippen molar-refractivity contribution in [2.45, 2.75) is 12.5 Å². The van der Waals surface area contributed by atoms with Gasteiger partial charge in [-0.15, -0.1) is 0 Å². The van der Waals surface area contributed by atoms with Crippen LogP contribution in [-0.2, 0) is 4.74 Å². The van der Waals surface area contributed by atoms with E-state index in [1.807, 2.05) is 0 Å². The standard InChI is InChI=1S/C5H10NO3S/c1-9-5-2-3-6(7,8)10-4-5/h5H,2-4H2,1H3/q-1.